The van der Waals surface area contributed by atoms with Crippen LogP contribution >= 0.6 is 0 Å². The lowest BCUT2D eigenvalue weighted by Crippen LogP contribution is -2.60. The van der Waals surface area contributed by atoms with Crippen LogP contribution in [0.25, 0.3) is 0 Å². The van der Waals surface area contributed by atoms with Gasteiger partial charge in [-0.25, -0.2) is 0 Å². The van der Waals surface area contributed by atoms with Crippen molar-refractivity contribution in [2.45, 2.75) is 71.3 Å². The highest BCUT2D eigenvalue weighted by molar-refractivity contribution is 5.06. The van der Waals surface area contributed by atoms with Crippen LogP contribution in [0.3, 0.4) is 0 Å². The Kier molecular flexibility index (Phi) is 3.43. The summed E-state index contributed by atoms with van der Waals surface area (Å²) in [7, 11) is 1.70. The summed E-state index contributed by atoms with van der Waals surface area (Å²) in [6, 6.07) is 0.175. The smallest absolute Gasteiger partial charge is 0.148 e. The Balaban J connectivity index is 3.04. The molecule has 0 aromatic rings. The summed E-state index contributed by atoms with van der Waals surface area (Å²) in [5.74, 6) is 0. The van der Waals surface area contributed by atoms with E-state index < -0.39 is 16.8 Å². The zero-order valence-electron chi connectivity index (χ0n) is 11.7. The molecule has 0 saturated carbocycles. The van der Waals surface area contributed by atoms with E-state index in [1.807, 2.05) is 48.5 Å². The first-order valence-corrected chi connectivity index (χ1v) is 5.80. The number of rotatable bonds is 3. The second kappa shape index (κ2) is 3.95. The molecule has 1 heterocycles. The van der Waals surface area contributed by atoms with Gasteiger partial charge in [0.2, 0.25) is 0 Å². The van der Waals surface area contributed by atoms with Gasteiger partial charge in [-0.3, -0.25) is 9.68 Å². The van der Waals surface area contributed by atoms with Crippen molar-refractivity contribution in [2.75, 3.05) is 7.11 Å². The molecular formula is C12H25NO3. The Morgan fingerprint density at radius 2 is 1.62 bits per heavy atom. The van der Waals surface area contributed by atoms with E-state index in [0.717, 1.165) is 0 Å². The van der Waals surface area contributed by atoms with Crippen molar-refractivity contribution in [3.05, 3.63) is 0 Å². The Morgan fingerprint density at radius 1 is 1.12 bits per heavy atom. The zero-order valence-corrected chi connectivity index (χ0v) is 11.7. The van der Waals surface area contributed by atoms with Gasteiger partial charge in [-0.2, -0.15) is 0 Å². The van der Waals surface area contributed by atoms with Crippen molar-refractivity contribution in [3.63, 3.8) is 0 Å². The quantitative estimate of drug-likeness (QED) is 0.747. The fraction of sp³-hybridized carbons (Fsp3) is 1.00. The van der Waals surface area contributed by atoms with Gasteiger partial charge in [0, 0.05) is 7.11 Å². The van der Waals surface area contributed by atoms with Crippen LogP contribution < -0.4 is 0 Å². The maximum Gasteiger partial charge on any atom is 0.148 e. The highest BCUT2D eigenvalue weighted by Gasteiger charge is 2.61. The van der Waals surface area contributed by atoms with Gasteiger partial charge in [-0.05, 0) is 48.5 Å². The van der Waals surface area contributed by atoms with E-state index in [1.54, 1.807) is 12.3 Å². The number of hydrogen-bond acceptors (Lipinski definition) is 4. The van der Waals surface area contributed by atoms with Crippen molar-refractivity contribution in [2.24, 2.45) is 0 Å². The monoisotopic (exact) mass is 231 g/mol. The molecule has 0 radical (unpaired) electrons. The summed E-state index contributed by atoms with van der Waals surface area (Å²) in [5, 5.41) is 1.57. The first kappa shape index (κ1) is 13.9. The standard InChI is InChI=1S/C12H25NO3/c1-9(2)13-15-11(5,6)12(7,16-13)10(3,4)14-8/h9H,1-8H3. The summed E-state index contributed by atoms with van der Waals surface area (Å²) in [5.41, 5.74) is -1.39. The molecule has 1 rings (SSSR count). The van der Waals surface area contributed by atoms with Crippen LogP contribution in [0.4, 0.5) is 0 Å². The molecule has 1 atom stereocenters. The van der Waals surface area contributed by atoms with Crippen molar-refractivity contribution < 1.29 is 14.4 Å². The average molecular weight is 231 g/mol. The highest BCUT2D eigenvalue weighted by Crippen LogP contribution is 2.46. The lowest BCUT2D eigenvalue weighted by Gasteiger charge is -2.44. The summed E-state index contributed by atoms with van der Waals surface area (Å²) >= 11 is 0. The Hall–Kier alpha value is -0.160. The highest BCUT2D eigenvalue weighted by atomic mass is 17.0. The minimum absolute atomic E-state index is 0.175. The van der Waals surface area contributed by atoms with Crippen molar-refractivity contribution in [1.29, 1.82) is 0 Å². The van der Waals surface area contributed by atoms with Gasteiger partial charge in [0.1, 0.15) is 11.2 Å². The molecule has 96 valence electrons. The van der Waals surface area contributed by atoms with Crippen molar-refractivity contribution in [1.82, 2.24) is 5.23 Å². The molecular weight excluding hydrogens is 206 g/mol. The lowest BCUT2D eigenvalue weighted by molar-refractivity contribution is -0.355. The second-order valence-electron chi connectivity index (χ2n) is 5.82. The van der Waals surface area contributed by atoms with E-state index in [0.29, 0.717) is 0 Å². The van der Waals surface area contributed by atoms with Crippen LogP contribution in [-0.4, -0.2) is 35.2 Å². The van der Waals surface area contributed by atoms with Gasteiger partial charge >= 0.3 is 0 Å². The van der Waals surface area contributed by atoms with Gasteiger partial charge in [0.05, 0.1) is 11.6 Å². The molecule has 0 aromatic heterocycles. The molecule has 4 heteroatoms. The number of hydroxylamine groups is 2. The van der Waals surface area contributed by atoms with Crippen molar-refractivity contribution in [3.8, 4) is 0 Å². The maximum atomic E-state index is 5.97. The Bertz CT molecular complexity index is 263. The average Bonchev–Trinajstić information content (AvgIpc) is 2.39. The molecule has 1 fully saturated rings. The van der Waals surface area contributed by atoms with Crippen LogP contribution in [-0.2, 0) is 14.4 Å². The molecule has 1 aliphatic heterocycles. The normalized spacial score (nSPS) is 31.3. The minimum atomic E-state index is -0.529. The van der Waals surface area contributed by atoms with Crippen LogP contribution in [0, 0.1) is 0 Å². The summed E-state index contributed by atoms with van der Waals surface area (Å²) in [6.45, 7) is 14.2. The molecule has 1 aliphatic rings. The van der Waals surface area contributed by atoms with E-state index in [2.05, 4.69) is 0 Å². The Labute approximate surface area is 98.8 Å². The zero-order chi connectivity index (χ0) is 12.8. The van der Waals surface area contributed by atoms with E-state index in [-0.39, 0.29) is 6.04 Å². The van der Waals surface area contributed by atoms with Crippen LogP contribution in [0.15, 0.2) is 0 Å². The van der Waals surface area contributed by atoms with E-state index in [9.17, 15) is 0 Å². The largest absolute Gasteiger partial charge is 0.376 e. The fourth-order valence-electron chi connectivity index (χ4n) is 1.86. The number of methoxy groups -OCH3 is 1. The Morgan fingerprint density at radius 3 is 1.94 bits per heavy atom. The predicted molar refractivity (Wildman–Crippen MR) is 62.7 cm³/mol. The third kappa shape index (κ3) is 1.88. The minimum Gasteiger partial charge on any atom is -0.376 e. The molecule has 0 N–H and O–H groups in total. The molecule has 16 heavy (non-hydrogen) atoms. The van der Waals surface area contributed by atoms with Crippen LogP contribution in [0.5, 0.6) is 0 Å². The van der Waals surface area contributed by atoms with Gasteiger partial charge in [0.15, 0.2) is 0 Å². The third-order valence-corrected chi connectivity index (χ3v) is 3.82. The van der Waals surface area contributed by atoms with Crippen LogP contribution in [0.1, 0.15) is 48.5 Å². The molecule has 0 amide bonds. The molecule has 0 aliphatic carbocycles. The van der Waals surface area contributed by atoms with E-state index in [1.165, 1.54) is 0 Å². The van der Waals surface area contributed by atoms with E-state index >= 15 is 0 Å². The maximum absolute atomic E-state index is 5.97. The number of hydrogen-bond donors (Lipinski definition) is 0. The van der Waals surface area contributed by atoms with Gasteiger partial charge in [-0.15, -0.1) is 0 Å². The van der Waals surface area contributed by atoms with Crippen molar-refractivity contribution >= 4 is 0 Å². The SMILES string of the molecule is COC(C)(C)C1(C)ON(C(C)C)OC1(C)C. The third-order valence-electron chi connectivity index (χ3n) is 3.82. The first-order valence-electron chi connectivity index (χ1n) is 5.80. The fourth-order valence-corrected chi connectivity index (χ4v) is 1.86. The summed E-state index contributed by atoms with van der Waals surface area (Å²) < 4.78 is 5.56. The molecule has 4 nitrogen and oxygen atoms in total. The van der Waals surface area contributed by atoms with E-state index in [4.69, 9.17) is 14.4 Å². The molecule has 1 unspecified atom stereocenters. The topological polar surface area (TPSA) is 30.9 Å². The molecule has 0 aromatic carbocycles. The van der Waals surface area contributed by atoms with Gasteiger partial charge < -0.3 is 4.74 Å². The number of nitrogens with zero attached hydrogens (tertiary/aromatic N) is 1. The van der Waals surface area contributed by atoms with Gasteiger partial charge in [-0.1, -0.05) is 5.23 Å². The summed E-state index contributed by atoms with van der Waals surface area (Å²) in [6.07, 6.45) is 0. The molecule has 0 bridgehead atoms. The summed E-state index contributed by atoms with van der Waals surface area (Å²) in [4.78, 5) is 11.8. The molecule has 1 saturated heterocycles. The van der Waals surface area contributed by atoms with Crippen LogP contribution in [0.2, 0.25) is 0 Å². The second-order valence-corrected chi connectivity index (χ2v) is 5.82. The molecule has 0 spiro atoms. The number of ether oxygens (including phenoxy) is 1. The first-order chi connectivity index (χ1) is 7.07. The lowest BCUT2D eigenvalue weighted by atomic mass is 9.75. The van der Waals surface area contributed by atoms with Gasteiger partial charge in [0.25, 0.3) is 0 Å². The predicted octanol–water partition coefficient (Wildman–Crippen LogP) is 2.54.